The number of hydrogen-bond acceptors (Lipinski definition) is 4. The number of carbonyl (C=O) groups excluding carboxylic acids is 1. The molecule has 1 aromatic heterocycles. The van der Waals surface area contributed by atoms with Crippen LogP contribution in [0.4, 0.5) is 0 Å². The van der Waals surface area contributed by atoms with Crippen molar-refractivity contribution in [3.63, 3.8) is 0 Å². The summed E-state index contributed by atoms with van der Waals surface area (Å²) in [7, 11) is 1.78. The van der Waals surface area contributed by atoms with Gasteiger partial charge in [0, 0.05) is 13.1 Å². The number of aryl methyl sites for hydroxylation is 2. The molecule has 6 heteroatoms. The molecule has 2 rings (SSSR count). The molecule has 0 bridgehead atoms. The minimum atomic E-state index is -0.379. The predicted octanol–water partition coefficient (Wildman–Crippen LogP) is 3.11. The topological polar surface area (TPSA) is 72.2 Å². The average molecular weight is 353 g/mol. The number of hydrogen-bond donors (Lipinski definition) is 1. The highest BCUT2D eigenvalue weighted by atomic mass is 16.1. The van der Waals surface area contributed by atoms with Gasteiger partial charge in [0.15, 0.2) is 0 Å². The number of nitrogens with zero attached hydrogens (tertiary/aromatic N) is 4. The fourth-order valence-electron chi connectivity index (χ4n) is 2.89. The van der Waals surface area contributed by atoms with Gasteiger partial charge < -0.3 is 5.32 Å². The van der Waals surface area contributed by atoms with E-state index in [1.54, 1.807) is 7.05 Å². The Morgan fingerprint density at radius 2 is 2.12 bits per heavy atom. The lowest BCUT2D eigenvalue weighted by atomic mass is 9.89. The van der Waals surface area contributed by atoms with Crippen molar-refractivity contribution in [1.29, 1.82) is 0 Å². The fraction of sp³-hybridized carbons (Fsp3) is 0.400. The molecule has 0 radical (unpaired) electrons. The normalized spacial score (nSPS) is 13.0. The van der Waals surface area contributed by atoms with Crippen LogP contribution >= 0.6 is 0 Å². The number of aromatic nitrogens is 3. The standard InChI is InChI=1S/C20H27N5O/c1-7-16-8-9-17(14(2)12-16)20(4,5)25-13-19(23-24-25)18(10-11-26)22-15(3)21-6/h8-13H,7H2,1-6H3,(H,21,22)/b18-10-. The third kappa shape index (κ3) is 4.07. The van der Waals surface area contributed by atoms with E-state index in [4.69, 9.17) is 0 Å². The lowest BCUT2D eigenvalue weighted by molar-refractivity contribution is -0.104. The maximum atomic E-state index is 11.0. The molecule has 0 saturated carbocycles. The molecule has 0 aliphatic carbocycles. The Hall–Kier alpha value is -2.76. The molecule has 1 heterocycles. The average Bonchev–Trinajstić information content (AvgIpc) is 3.11. The zero-order valence-corrected chi connectivity index (χ0v) is 16.4. The summed E-state index contributed by atoms with van der Waals surface area (Å²) in [5, 5.41) is 11.5. The Kier molecular flexibility index (Phi) is 6.08. The Morgan fingerprint density at radius 1 is 1.38 bits per heavy atom. The number of carbonyl (C=O) groups is 1. The molecule has 1 aromatic carbocycles. The maximum Gasteiger partial charge on any atom is 0.145 e. The largest absolute Gasteiger partial charge is 0.377 e. The van der Waals surface area contributed by atoms with Crippen molar-refractivity contribution in [2.24, 2.45) is 4.99 Å². The summed E-state index contributed by atoms with van der Waals surface area (Å²) in [4.78, 5) is 15.4. The Labute approximate surface area is 155 Å². The molecular formula is C20H27N5O. The minimum Gasteiger partial charge on any atom is -0.377 e. The van der Waals surface area contributed by atoms with Crippen molar-refractivity contribution in [3.05, 3.63) is 52.9 Å². The van der Waals surface area contributed by atoms with E-state index in [-0.39, 0.29) is 5.54 Å². The van der Waals surface area contributed by atoms with Gasteiger partial charge in [0.25, 0.3) is 0 Å². The first kappa shape index (κ1) is 19.6. The van der Waals surface area contributed by atoms with Crippen LogP contribution in [-0.4, -0.2) is 34.2 Å². The van der Waals surface area contributed by atoms with Gasteiger partial charge in [-0.1, -0.05) is 30.3 Å². The smallest absolute Gasteiger partial charge is 0.145 e. The van der Waals surface area contributed by atoms with Gasteiger partial charge in [-0.2, -0.15) is 0 Å². The van der Waals surface area contributed by atoms with E-state index in [9.17, 15) is 4.79 Å². The number of rotatable bonds is 6. The molecule has 2 aromatic rings. The van der Waals surface area contributed by atoms with Crippen LogP contribution < -0.4 is 5.32 Å². The van der Waals surface area contributed by atoms with Crippen molar-refractivity contribution in [2.45, 2.75) is 46.6 Å². The lowest BCUT2D eigenvalue weighted by Gasteiger charge is -2.27. The minimum absolute atomic E-state index is 0.379. The molecule has 0 aliphatic heterocycles. The van der Waals surface area contributed by atoms with Crippen LogP contribution in [0.25, 0.3) is 5.70 Å². The summed E-state index contributed by atoms with van der Waals surface area (Å²) in [6.45, 7) is 10.3. The van der Waals surface area contributed by atoms with Gasteiger partial charge in [0.05, 0.1) is 23.3 Å². The summed E-state index contributed by atoms with van der Waals surface area (Å²) in [6.07, 6.45) is 4.94. The van der Waals surface area contributed by atoms with Crippen LogP contribution in [0.1, 0.15) is 50.1 Å². The summed E-state index contributed by atoms with van der Waals surface area (Å²) in [5.74, 6) is 0.693. The molecule has 0 atom stereocenters. The number of benzene rings is 1. The molecule has 0 fully saturated rings. The van der Waals surface area contributed by atoms with E-state index in [1.807, 2.05) is 17.8 Å². The summed E-state index contributed by atoms with van der Waals surface area (Å²) < 4.78 is 1.82. The van der Waals surface area contributed by atoms with Crippen LogP contribution in [0.5, 0.6) is 0 Å². The van der Waals surface area contributed by atoms with Gasteiger partial charge in [0.2, 0.25) is 0 Å². The number of aldehydes is 1. The van der Waals surface area contributed by atoms with Gasteiger partial charge in [-0.05, 0) is 50.8 Å². The highest BCUT2D eigenvalue weighted by Crippen LogP contribution is 2.29. The number of aliphatic imine (C=N–C) groups is 1. The monoisotopic (exact) mass is 353 g/mol. The van der Waals surface area contributed by atoms with Crippen LogP contribution in [0, 0.1) is 6.92 Å². The second kappa shape index (κ2) is 8.08. The Morgan fingerprint density at radius 3 is 2.69 bits per heavy atom. The molecule has 6 nitrogen and oxygen atoms in total. The van der Waals surface area contributed by atoms with E-state index in [2.05, 4.69) is 66.5 Å². The first-order chi connectivity index (χ1) is 12.3. The molecule has 0 spiro atoms. The Balaban J connectivity index is 2.44. The molecule has 0 aliphatic rings. The van der Waals surface area contributed by atoms with Gasteiger partial charge in [-0.25, -0.2) is 9.67 Å². The SMILES string of the molecule is CCc1ccc(C(C)(C)n2cc(C(=C/C=O)/N=C(/C)NC)nn2)c(C)c1. The third-order valence-corrected chi connectivity index (χ3v) is 4.56. The molecule has 0 saturated heterocycles. The number of nitrogens with one attached hydrogen (secondary N) is 1. The molecule has 1 N–H and O–H groups in total. The van der Waals surface area contributed by atoms with Gasteiger partial charge in [-0.15, -0.1) is 5.10 Å². The highest BCUT2D eigenvalue weighted by Gasteiger charge is 2.26. The van der Waals surface area contributed by atoms with E-state index >= 15 is 0 Å². The van der Waals surface area contributed by atoms with E-state index < -0.39 is 0 Å². The van der Waals surface area contributed by atoms with Crippen LogP contribution in [0.2, 0.25) is 0 Å². The predicted molar refractivity (Wildman–Crippen MR) is 105 cm³/mol. The second-order valence-corrected chi connectivity index (χ2v) is 6.75. The Bertz CT molecular complexity index is 846. The zero-order valence-electron chi connectivity index (χ0n) is 16.4. The number of amidine groups is 1. The zero-order chi connectivity index (χ0) is 19.3. The maximum absolute atomic E-state index is 11.0. The van der Waals surface area contributed by atoms with Crippen molar-refractivity contribution in [3.8, 4) is 0 Å². The van der Waals surface area contributed by atoms with Crippen LogP contribution in [0.15, 0.2) is 35.5 Å². The first-order valence-corrected chi connectivity index (χ1v) is 8.75. The lowest BCUT2D eigenvalue weighted by Crippen LogP contribution is -2.29. The third-order valence-electron chi connectivity index (χ3n) is 4.56. The first-order valence-electron chi connectivity index (χ1n) is 8.75. The molecule has 138 valence electrons. The summed E-state index contributed by atoms with van der Waals surface area (Å²) in [6, 6.07) is 6.52. The molecule has 0 amide bonds. The second-order valence-electron chi connectivity index (χ2n) is 6.75. The summed E-state index contributed by atoms with van der Waals surface area (Å²) in [5.41, 5.74) is 4.38. The van der Waals surface area contributed by atoms with Crippen molar-refractivity contribution in [1.82, 2.24) is 20.3 Å². The summed E-state index contributed by atoms with van der Waals surface area (Å²) >= 11 is 0. The van der Waals surface area contributed by atoms with Crippen LogP contribution in [0.3, 0.4) is 0 Å². The highest BCUT2D eigenvalue weighted by molar-refractivity contribution is 5.89. The van der Waals surface area contributed by atoms with Crippen molar-refractivity contribution in [2.75, 3.05) is 7.05 Å². The quantitative estimate of drug-likeness (QED) is 0.375. The van der Waals surface area contributed by atoms with E-state index in [0.29, 0.717) is 23.5 Å². The molecule has 0 unspecified atom stereocenters. The van der Waals surface area contributed by atoms with Crippen molar-refractivity contribution >= 4 is 17.8 Å². The molecular weight excluding hydrogens is 326 g/mol. The van der Waals surface area contributed by atoms with Gasteiger partial charge in [0.1, 0.15) is 12.0 Å². The van der Waals surface area contributed by atoms with Gasteiger partial charge in [-0.3, -0.25) is 4.79 Å². The van der Waals surface area contributed by atoms with E-state index in [0.717, 1.165) is 6.42 Å². The van der Waals surface area contributed by atoms with Crippen molar-refractivity contribution < 1.29 is 4.79 Å². The number of allylic oxidation sites excluding steroid dienone is 1. The van der Waals surface area contributed by atoms with Gasteiger partial charge >= 0.3 is 0 Å². The fourth-order valence-corrected chi connectivity index (χ4v) is 2.89. The van der Waals surface area contributed by atoms with E-state index in [1.165, 1.54) is 22.8 Å². The molecule has 26 heavy (non-hydrogen) atoms. The van der Waals surface area contributed by atoms with Crippen LogP contribution in [-0.2, 0) is 16.8 Å².